The van der Waals surface area contributed by atoms with Crippen molar-refractivity contribution in [3.63, 3.8) is 0 Å². The highest BCUT2D eigenvalue weighted by Gasteiger charge is 2.44. The number of fused-ring (bicyclic) bond motifs is 6. The first-order valence-corrected chi connectivity index (χ1v) is 9.01. The highest BCUT2D eigenvalue weighted by Crippen LogP contribution is 2.51. The molecule has 3 nitrogen and oxygen atoms in total. The Hall–Kier alpha value is -2.94. The second-order valence-electron chi connectivity index (χ2n) is 7.28. The summed E-state index contributed by atoms with van der Waals surface area (Å²) in [6.07, 6.45) is 1.74. The third-order valence-corrected chi connectivity index (χ3v) is 5.49. The topological polar surface area (TPSA) is 34.5 Å². The van der Waals surface area contributed by atoms with Gasteiger partial charge in [-0.15, -0.1) is 0 Å². The number of benzene rings is 2. The van der Waals surface area contributed by atoms with E-state index >= 15 is 0 Å². The van der Waals surface area contributed by atoms with Gasteiger partial charge >= 0.3 is 0 Å². The molecule has 0 radical (unpaired) electrons. The second kappa shape index (κ2) is 5.53. The lowest BCUT2D eigenvalue weighted by molar-refractivity contribution is 0.0753. The van der Waals surface area contributed by atoms with Crippen molar-refractivity contribution in [3.8, 4) is 11.3 Å². The quantitative estimate of drug-likeness (QED) is 0.606. The molecule has 3 heteroatoms. The summed E-state index contributed by atoms with van der Waals surface area (Å²) in [5, 5.41) is 4.59. The standard InChI is InChI=1S/C23H20N2O/c1-13-11-14(2)19(15(3)12-13)22-20-16-7-4-5-8-17(16)21-18(9-6-10-24-21)23(20)26-25-22/h4-12,20,23H,1-3H3/t20-,23-/m0/s1. The van der Waals surface area contributed by atoms with Gasteiger partial charge in [-0.3, -0.25) is 4.98 Å². The third-order valence-electron chi connectivity index (χ3n) is 5.49. The molecule has 2 aromatic carbocycles. The molecule has 1 aromatic heterocycles. The zero-order chi connectivity index (χ0) is 17.8. The van der Waals surface area contributed by atoms with E-state index in [1.54, 1.807) is 0 Å². The summed E-state index contributed by atoms with van der Waals surface area (Å²) in [5.74, 6) is 0.100. The van der Waals surface area contributed by atoms with Crippen LogP contribution in [0.2, 0.25) is 0 Å². The van der Waals surface area contributed by atoms with Gasteiger partial charge in [0.05, 0.1) is 17.3 Å². The molecular weight excluding hydrogens is 320 g/mol. The van der Waals surface area contributed by atoms with Gasteiger partial charge in [0.25, 0.3) is 0 Å². The number of hydrogen-bond donors (Lipinski definition) is 0. The monoisotopic (exact) mass is 340 g/mol. The predicted molar refractivity (Wildman–Crippen MR) is 103 cm³/mol. The van der Waals surface area contributed by atoms with E-state index in [1.807, 2.05) is 12.3 Å². The van der Waals surface area contributed by atoms with E-state index in [4.69, 9.17) is 4.84 Å². The molecule has 0 amide bonds. The van der Waals surface area contributed by atoms with Gasteiger partial charge in [-0.1, -0.05) is 53.2 Å². The Morgan fingerprint density at radius 1 is 0.885 bits per heavy atom. The van der Waals surface area contributed by atoms with Crippen molar-refractivity contribution in [2.45, 2.75) is 32.8 Å². The van der Waals surface area contributed by atoms with Crippen LogP contribution in [0.3, 0.4) is 0 Å². The first-order valence-electron chi connectivity index (χ1n) is 9.01. The maximum atomic E-state index is 6.00. The number of pyridine rings is 1. The van der Waals surface area contributed by atoms with Crippen LogP contribution in [0, 0.1) is 20.8 Å². The molecule has 1 aliphatic heterocycles. The Morgan fingerprint density at radius 2 is 1.62 bits per heavy atom. The van der Waals surface area contributed by atoms with Crippen LogP contribution in [0.4, 0.5) is 0 Å². The van der Waals surface area contributed by atoms with Gasteiger partial charge < -0.3 is 4.84 Å². The highest BCUT2D eigenvalue weighted by molar-refractivity contribution is 6.09. The highest BCUT2D eigenvalue weighted by atomic mass is 16.6. The van der Waals surface area contributed by atoms with Crippen molar-refractivity contribution in [1.29, 1.82) is 0 Å². The Kier molecular flexibility index (Phi) is 3.26. The fourth-order valence-electron chi connectivity index (χ4n) is 4.56. The molecular formula is C23H20N2O. The van der Waals surface area contributed by atoms with Crippen LogP contribution < -0.4 is 0 Å². The smallest absolute Gasteiger partial charge is 0.167 e. The molecule has 0 saturated carbocycles. The summed E-state index contributed by atoms with van der Waals surface area (Å²) in [6, 6.07) is 17.1. The molecule has 1 aliphatic carbocycles. The summed E-state index contributed by atoms with van der Waals surface area (Å²) in [4.78, 5) is 10.6. The van der Waals surface area contributed by atoms with Crippen molar-refractivity contribution < 1.29 is 4.84 Å². The van der Waals surface area contributed by atoms with Gasteiger partial charge in [0.15, 0.2) is 6.10 Å². The van der Waals surface area contributed by atoms with Gasteiger partial charge in [-0.05, 0) is 43.5 Å². The van der Waals surface area contributed by atoms with Crippen LogP contribution in [0.5, 0.6) is 0 Å². The lowest BCUT2D eigenvalue weighted by Crippen LogP contribution is -2.23. The summed E-state index contributed by atoms with van der Waals surface area (Å²) in [5.41, 5.74) is 10.6. The van der Waals surface area contributed by atoms with Crippen LogP contribution in [0.25, 0.3) is 11.3 Å². The fourth-order valence-corrected chi connectivity index (χ4v) is 4.56. The molecule has 0 bridgehead atoms. The number of nitrogens with zero attached hydrogens (tertiary/aromatic N) is 2. The Morgan fingerprint density at radius 3 is 2.42 bits per heavy atom. The number of oxime groups is 1. The van der Waals surface area contributed by atoms with Gasteiger partial charge in [0.2, 0.25) is 0 Å². The Balaban J connectivity index is 1.74. The third kappa shape index (κ3) is 2.07. The van der Waals surface area contributed by atoms with Crippen LogP contribution in [-0.2, 0) is 4.84 Å². The first-order chi connectivity index (χ1) is 12.6. The summed E-state index contributed by atoms with van der Waals surface area (Å²) in [6.45, 7) is 6.46. The van der Waals surface area contributed by atoms with E-state index in [0.29, 0.717) is 0 Å². The normalized spacial score (nSPS) is 19.9. The van der Waals surface area contributed by atoms with Crippen molar-refractivity contribution in [3.05, 3.63) is 88.1 Å². The maximum absolute atomic E-state index is 6.00. The molecule has 5 rings (SSSR count). The van der Waals surface area contributed by atoms with Crippen LogP contribution in [-0.4, -0.2) is 10.7 Å². The van der Waals surface area contributed by atoms with E-state index in [9.17, 15) is 0 Å². The molecule has 0 N–H and O–H groups in total. The van der Waals surface area contributed by atoms with E-state index < -0.39 is 0 Å². The molecule has 2 atom stereocenters. The van der Waals surface area contributed by atoms with Gasteiger partial charge in [-0.25, -0.2) is 0 Å². The zero-order valence-electron chi connectivity index (χ0n) is 15.2. The van der Waals surface area contributed by atoms with Gasteiger partial charge in [-0.2, -0.15) is 0 Å². The SMILES string of the molecule is Cc1cc(C)c(C2=NO[C@H]3c4cccnc4-c4ccccc4[C@@H]23)c(C)c1. The Bertz CT molecular complexity index is 1040. The molecule has 26 heavy (non-hydrogen) atoms. The minimum absolute atomic E-state index is 0.100. The van der Waals surface area contributed by atoms with E-state index in [-0.39, 0.29) is 12.0 Å². The minimum Gasteiger partial charge on any atom is -0.386 e. The van der Waals surface area contributed by atoms with E-state index in [2.05, 4.69) is 73.4 Å². The number of aromatic nitrogens is 1. The average molecular weight is 340 g/mol. The summed E-state index contributed by atoms with van der Waals surface area (Å²) in [7, 11) is 0. The molecule has 0 saturated heterocycles. The van der Waals surface area contributed by atoms with Crippen molar-refractivity contribution >= 4 is 5.71 Å². The lowest BCUT2D eigenvalue weighted by Gasteiger charge is -2.29. The molecule has 3 aromatic rings. The van der Waals surface area contributed by atoms with Gasteiger partial charge in [0, 0.05) is 22.9 Å². The minimum atomic E-state index is -0.108. The summed E-state index contributed by atoms with van der Waals surface area (Å²) >= 11 is 0. The fraction of sp³-hybridized carbons (Fsp3) is 0.217. The summed E-state index contributed by atoms with van der Waals surface area (Å²) < 4.78 is 0. The zero-order valence-corrected chi connectivity index (χ0v) is 15.2. The second-order valence-corrected chi connectivity index (χ2v) is 7.28. The molecule has 2 aliphatic rings. The van der Waals surface area contributed by atoms with E-state index in [1.165, 1.54) is 33.4 Å². The Labute approximate surface area is 153 Å². The van der Waals surface area contributed by atoms with Crippen molar-refractivity contribution in [2.75, 3.05) is 0 Å². The molecule has 128 valence electrons. The van der Waals surface area contributed by atoms with Gasteiger partial charge in [0.1, 0.15) is 0 Å². The largest absolute Gasteiger partial charge is 0.386 e. The average Bonchev–Trinajstić information content (AvgIpc) is 3.06. The lowest BCUT2D eigenvalue weighted by atomic mass is 9.74. The van der Waals surface area contributed by atoms with Crippen LogP contribution in [0.15, 0.2) is 59.9 Å². The van der Waals surface area contributed by atoms with Crippen LogP contribution in [0.1, 0.15) is 45.4 Å². The number of rotatable bonds is 1. The maximum Gasteiger partial charge on any atom is 0.167 e. The predicted octanol–water partition coefficient (Wildman–Crippen LogP) is 5.25. The number of hydrogen-bond acceptors (Lipinski definition) is 3. The van der Waals surface area contributed by atoms with Crippen molar-refractivity contribution in [1.82, 2.24) is 4.98 Å². The molecule has 2 heterocycles. The van der Waals surface area contributed by atoms with Crippen LogP contribution >= 0.6 is 0 Å². The molecule has 0 fully saturated rings. The molecule has 0 unspecified atom stereocenters. The molecule has 0 spiro atoms. The number of aryl methyl sites for hydroxylation is 3. The first kappa shape index (κ1) is 15.3. The van der Waals surface area contributed by atoms with Crippen molar-refractivity contribution in [2.24, 2.45) is 5.16 Å². The van der Waals surface area contributed by atoms with E-state index in [0.717, 1.165) is 17.0 Å².